The Hall–Kier alpha value is -1.22. The number of nitrogens with one attached hydrogen (secondary N) is 1. The molecule has 2 rings (SSSR count). The lowest BCUT2D eigenvalue weighted by Crippen LogP contribution is -2.33. The molecule has 1 aliphatic heterocycles. The number of hydrogen-bond donors (Lipinski definition) is 1. The first-order valence-electron chi connectivity index (χ1n) is 3.98. The van der Waals surface area contributed by atoms with Crippen LogP contribution in [0.3, 0.4) is 0 Å². The quantitative estimate of drug-likeness (QED) is 0.679. The van der Waals surface area contributed by atoms with Crippen LogP contribution in [0.25, 0.3) is 0 Å². The number of fused-ring (bicyclic) bond motifs is 1. The molecule has 0 saturated carbocycles. The molecule has 1 atom stereocenters. The second-order valence-corrected chi connectivity index (χ2v) is 2.78. The second-order valence-electron chi connectivity index (χ2n) is 2.78. The van der Waals surface area contributed by atoms with Gasteiger partial charge in [-0.05, 0) is 12.1 Å². The van der Waals surface area contributed by atoms with Gasteiger partial charge in [0, 0.05) is 0 Å². The molecule has 1 radical (unpaired) electrons. The summed E-state index contributed by atoms with van der Waals surface area (Å²) in [7, 11) is 0. The van der Waals surface area contributed by atoms with Gasteiger partial charge in [-0.15, -0.1) is 0 Å². The number of ether oxygens (including phenoxy) is 1. The van der Waals surface area contributed by atoms with Crippen molar-refractivity contribution in [1.29, 1.82) is 0 Å². The van der Waals surface area contributed by atoms with Crippen molar-refractivity contribution in [3.05, 3.63) is 24.3 Å². The number of anilines is 1. The smallest absolute Gasteiger partial charge is 0.143 e. The summed E-state index contributed by atoms with van der Waals surface area (Å²) in [6, 6.07) is 7.64. The maximum Gasteiger partial charge on any atom is 0.143 e. The van der Waals surface area contributed by atoms with Crippen LogP contribution >= 0.6 is 0 Å². The fraction of sp³-hybridized carbons (Fsp3) is 0.333. The zero-order chi connectivity index (χ0) is 8.39. The van der Waals surface area contributed by atoms with Crippen molar-refractivity contribution < 1.29 is 9.84 Å². The molecule has 1 heterocycles. The summed E-state index contributed by atoms with van der Waals surface area (Å²) in [6.07, 6.45) is -0.222. The van der Waals surface area contributed by atoms with Gasteiger partial charge in [-0.2, -0.15) is 0 Å². The summed E-state index contributed by atoms with van der Waals surface area (Å²) in [5.74, 6) is 0.782. The largest absolute Gasteiger partial charge is 0.484 e. The van der Waals surface area contributed by atoms with Crippen molar-refractivity contribution in [3.8, 4) is 5.75 Å². The third-order valence-electron chi connectivity index (χ3n) is 1.89. The van der Waals surface area contributed by atoms with E-state index in [4.69, 9.17) is 4.74 Å². The van der Waals surface area contributed by atoms with Crippen LogP contribution in [0.5, 0.6) is 5.75 Å². The molecular formula is C9H10NO2. The van der Waals surface area contributed by atoms with Crippen LogP contribution in [-0.2, 0) is 5.11 Å². The van der Waals surface area contributed by atoms with E-state index in [2.05, 4.69) is 5.32 Å². The second kappa shape index (κ2) is 3.03. The normalized spacial score (nSPS) is 20.6. The van der Waals surface area contributed by atoms with Crippen LogP contribution in [0.4, 0.5) is 5.69 Å². The molecule has 1 N–H and O–H groups in total. The van der Waals surface area contributed by atoms with E-state index in [1.807, 2.05) is 24.3 Å². The first kappa shape index (κ1) is 7.43. The van der Waals surface area contributed by atoms with E-state index in [1.54, 1.807) is 0 Å². The summed E-state index contributed by atoms with van der Waals surface area (Å²) in [5, 5.41) is 13.7. The van der Waals surface area contributed by atoms with Crippen LogP contribution in [-0.4, -0.2) is 19.3 Å². The molecule has 63 valence electrons. The van der Waals surface area contributed by atoms with Crippen LogP contribution in [0, 0.1) is 0 Å². The third kappa shape index (κ3) is 1.23. The van der Waals surface area contributed by atoms with Gasteiger partial charge in [-0.3, -0.25) is 0 Å². The zero-order valence-corrected chi connectivity index (χ0v) is 6.62. The Balaban J connectivity index is 2.23. The van der Waals surface area contributed by atoms with Crippen molar-refractivity contribution in [1.82, 2.24) is 0 Å². The Labute approximate surface area is 71.0 Å². The van der Waals surface area contributed by atoms with Crippen LogP contribution in [0.2, 0.25) is 0 Å². The lowest BCUT2D eigenvalue weighted by atomic mass is 10.2. The molecule has 0 saturated heterocycles. The van der Waals surface area contributed by atoms with E-state index in [-0.39, 0.29) is 12.7 Å². The highest BCUT2D eigenvalue weighted by Crippen LogP contribution is 2.27. The standard InChI is InChI=1S/C9H10NO2/c11-6-7-5-10-8-3-1-2-4-9(8)12-7/h1-4,7,10H,5-6H2. The fourth-order valence-corrected chi connectivity index (χ4v) is 1.25. The van der Waals surface area contributed by atoms with Gasteiger partial charge in [0.05, 0.1) is 12.2 Å². The van der Waals surface area contributed by atoms with Crippen molar-refractivity contribution in [2.24, 2.45) is 0 Å². The first-order valence-corrected chi connectivity index (χ1v) is 3.98. The Morgan fingerprint density at radius 3 is 3.17 bits per heavy atom. The average molecular weight is 164 g/mol. The monoisotopic (exact) mass is 164 g/mol. The fourth-order valence-electron chi connectivity index (χ4n) is 1.25. The van der Waals surface area contributed by atoms with E-state index in [9.17, 15) is 5.11 Å². The zero-order valence-electron chi connectivity index (χ0n) is 6.62. The van der Waals surface area contributed by atoms with Crippen LogP contribution in [0.1, 0.15) is 0 Å². The lowest BCUT2D eigenvalue weighted by molar-refractivity contribution is 0.0756. The lowest BCUT2D eigenvalue weighted by Gasteiger charge is -2.25. The molecule has 0 fully saturated rings. The van der Waals surface area contributed by atoms with E-state index in [1.165, 1.54) is 0 Å². The van der Waals surface area contributed by atoms with Gasteiger partial charge < -0.3 is 10.1 Å². The molecule has 12 heavy (non-hydrogen) atoms. The predicted molar refractivity (Wildman–Crippen MR) is 44.9 cm³/mol. The van der Waals surface area contributed by atoms with Gasteiger partial charge in [0.2, 0.25) is 0 Å². The van der Waals surface area contributed by atoms with E-state index in [0.717, 1.165) is 11.4 Å². The molecule has 0 aliphatic carbocycles. The highest BCUT2D eigenvalue weighted by Gasteiger charge is 2.17. The summed E-state index contributed by atoms with van der Waals surface area (Å²) in [5.41, 5.74) is 0.974. The van der Waals surface area contributed by atoms with Gasteiger partial charge in [-0.25, -0.2) is 5.11 Å². The van der Waals surface area contributed by atoms with Gasteiger partial charge in [0.25, 0.3) is 0 Å². The minimum atomic E-state index is -0.222. The molecule has 0 aromatic heterocycles. The Kier molecular flexibility index (Phi) is 1.87. The molecule has 1 aliphatic rings. The molecule has 1 aromatic carbocycles. The summed E-state index contributed by atoms with van der Waals surface area (Å²) >= 11 is 0. The van der Waals surface area contributed by atoms with Gasteiger partial charge in [0.15, 0.2) is 0 Å². The topological polar surface area (TPSA) is 41.2 Å². The maximum absolute atomic E-state index is 10.5. The third-order valence-corrected chi connectivity index (χ3v) is 1.89. The molecule has 1 unspecified atom stereocenters. The molecule has 0 spiro atoms. The summed E-state index contributed by atoms with van der Waals surface area (Å²) in [6.45, 7) is 0.418. The number of hydrogen-bond acceptors (Lipinski definition) is 2. The average Bonchev–Trinajstić information content (AvgIpc) is 2.17. The molecule has 0 amide bonds. The molecule has 3 nitrogen and oxygen atoms in total. The highest BCUT2D eigenvalue weighted by atomic mass is 16.5. The van der Waals surface area contributed by atoms with E-state index in [0.29, 0.717) is 6.54 Å². The minimum absolute atomic E-state index is 0.193. The number of benzene rings is 1. The van der Waals surface area contributed by atoms with Crippen LogP contribution in [0.15, 0.2) is 24.3 Å². The predicted octanol–water partition coefficient (Wildman–Crippen LogP) is 1.29. The van der Waals surface area contributed by atoms with Crippen LogP contribution < -0.4 is 10.1 Å². The maximum atomic E-state index is 10.5. The minimum Gasteiger partial charge on any atom is -0.484 e. The molecule has 0 bridgehead atoms. The van der Waals surface area contributed by atoms with Gasteiger partial charge in [0.1, 0.15) is 18.5 Å². The highest BCUT2D eigenvalue weighted by molar-refractivity contribution is 5.57. The van der Waals surface area contributed by atoms with Crippen molar-refractivity contribution in [2.75, 3.05) is 18.5 Å². The molecule has 1 aromatic rings. The molecule has 3 heteroatoms. The Morgan fingerprint density at radius 1 is 1.50 bits per heavy atom. The van der Waals surface area contributed by atoms with Crippen molar-refractivity contribution >= 4 is 5.69 Å². The SMILES string of the molecule is [O]CC1CNc2ccccc2O1. The van der Waals surface area contributed by atoms with Gasteiger partial charge in [-0.1, -0.05) is 12.1 Å². The Bertz CT molecular complexity index is 275. The van der Waals surface area contributed by atoms with Crippen molar-refractivity contribution in [2.45, 2.75) is 6.10 Å². The van der Waals surface area contributed by atoms with E-state index < -0.39 is 0 Å². The first-order chi connectivity index (χ1) is 5.90. The van der Waals surface area contributed by atoms with E-state index >= 15 is 0 Å². The summed E-state index contributed by atoms with van der Waals surface area (Å²) in [4.78, 5) is 0. The Morgan fingerprint density at radius 2 is 2.33 bits per heavy atom. The molecular weight excluding hydrogens is 154 g/mol. The van der Waals surface area contributed by atoms with Crippen molar-refractivity contribution in [3.63, 3.8) is 0 Å². The number of rotatable bonds is 1. The van der Waals surface area contributed by atoms with Gasteiger partial charge >= 0.3 is 0 Å². The number of para-hydroxylation sites is 2. The summed E-state index contributed by atoms with van der Waals surface area (Å²) < 4.78 is 5.41.